The third-order valence-electron chi connectivity index (χ3n) is 3.58. The zero-order valence-corrected chi connectivity index (χ0v) is 10.3. The highest BCUT2D eigenvalue weighted by Crippen LogP contribution is 2.23. The summed E-state index contributed by atoms with van der Waals surface area (Å²) in [5.74, 6) is 0.932. The van der Waals surface area contributed by atoms with E-state index in [9.17, 15) is 0 Å². The van der Waals surface area contributed by atoms with Gasteiger partial charge < -0.3 is 10.2 Å². The molecule has 0 aliphatic carbocycles. The molecule has 0 bridgehead atoms. The van der Waals surface area contributed by atoms with Crippen LogP contribution in [0.25, 0.3) is 0 Å². The number of hydrogen-bond acceptors (Lipinski definition) is 2. The third-order valence-corrected chi connectivity index (χ3v) is 3.58. The lowest BCUT2D eigenvalue weighted by atomic mass is 9.88. The van der Waals surface area contributed by atoms with Crippen molar-refractivity contribution in [2.24, 2.45) is 5.92 Å². The largest absolute Gasteiger partial charge is 0.315 e. The van der Waals surface area contributed by atoms with E-state index in [-0.39, 0.29) is 0 Å². The molecule has 1 rings (SSSR count). The molecule has 0 amide bonds. The Morgan fingerprint density at radius 3 is 2.71 bits per heavy atom. The lowest BCUT2D eigenvalue weighted by Crippen LogP contribution is -2.38. The maximum absolute atomic E-state index is 3.38. The second kappa shape index (κ2) is 5.13. The molecule has 0 radical (unpaired) electrons. The molecule has 0 aromatic heterocycles. The molecule has 0 saturated carbocycles. The van der Waals surface area contributed by atoms with E-state index < -0.39 is 0 Å². The highest BCUT2D eigenvalue weighted by atomic mass is 15.1. The van der Waals surface area contributed by atoms with E-state index in [4.69, 9.17) is 0 Å². The molecular weight excluding hydrogens is 172 g/mol. The van der Waals surface area contributed by atoms with Gasteiger partial charge in [0.1, 0.15) is 0 Å². The quantitative estimate of drug-likeness (QED) is 0.744. The fourth-order valence-corrected chi connectivity index (χ4v) is 2.20. The highest BCUT2D eigenvalue weighted by Gasteiger charge is 2.21. The number of rotatable bonds is 4. The Morgan fingerprint density at radius 1 is 1.43 bits per heavy atom. The molecular formula is C12H26N2. The van der Waals surface area contributed by atoms with Crippen molar-refractivity contribution in [2.45, 2.75) is 45.1 Å². The highest BCUT2D eigenvalue weighted by molar-refractivity contribution is 4.79. The van der Waals surface area contributed by atoms with Gasteiger partial charge in [0, 0.05) is 12.1 Å². The Bertz CT molecular complexity index is 166. The molecule has 84 valence electrons. The molecule has 2 heteroatoms. The van der Waals surface area contributed by atoms with Crippen LogP contribution in [0.4, 0.5) is 0 Å². The zero-order chi connectivity index (χ0) is 10.6. The second-order valence-electron chi connectivity index (χ2n) is 5.44. The van der Waals surface area contributed by atoms with Gasteiger partial charge in [0.2, 0.25) is 0 Å². The van der Waals surface area contributed by atoms with Gasteiger partial charge in [-0.3, -0.25) is 0 Å². The van der Waals surface area contributed by atoms with Gasteiger partial charge in [-0.15, -0.1) is 0 Å². The van der Waals surface area contributed by atoms with Crippen LogP contribution in [-0.2, 0) is 0 Å². The lowest BCUT2D eigenvalue weighted by Gasteiger charge is -2.32. The van der Waals surface area contributed by atoms with Crippen LogP contribution >= 0.6 is 0 Å². The number of piperidine rings is 1. The number of nitrogens with one attached hydrogen (secondary N) is 1. The van der Waals surface area contributed by atoms with Crippen LogP contribution in [-0.4, -0.2) is 37.6 Å². The van der Waals surface area contributed by atoms with E-state index in [2.05, 4.69) is 38.2 Å². The number of likely N-dealkylation sites (tertiary alicyclic amines) is 1. The first-order chi connectivity index (χ1) is 6.53. The Kier molecular flexibility index (Phi) is 4.39. The van der Waals surface area contributed by atoms with Crippen molar-refractivity contribution in [1.82, 2.24) is 10.2 Å². The van der Waals surface area contributed by atoms with Gasteiger partial charge in [-0.2, -0.15) is 0 Å². The third kappa shape index (κ3) is 3.97. The Labute approximate surface area is 89.1 Å². The van der Waals surface area contributed by atoms with Crippen molar-refractivity contribution in [3.05, 3.63) is 0 Å². The summed E-state index contributed by atoms with van der Waals surface area (Å²) in [5.41, 5.74) is 0.315. The fraction of sp³-hybridized carbons (Fsp3) is 1.00. The number of hydrogen-bond donors (Lipinski definition) is 1. The SMILES string of the molecule is CNC(C)(C)CCC1CCCN(C)C1. The van der Waals surface area contributed by atoms with E-state index >= 15 is 0 Å². The molecule has 0 spiro atoms. The molecule has 1 saturated heterocycles. The van der Waals surface area contributed by atoms with Gasteiger partial charge in [0.25, 0.3) is 0 Å². The van der Waals surface area contributed by atoms with Crippen LogP contribution in [0.5, 0.6) is 0 Å². The van der Waals surface area contributed by atoms with Gasteiger partial charge in [-0.05, 0) is 66.1 Å². The molecule has 2 nitrogen and oxygen atoms in total. The summed E-state index contributed by atoms with van der Waals surface area (Å²) in [7, 11) is 4.31. The van der Waals surface area contributed by atoms with Gasteiger partial charge in [0.15, 0.2) is 0 Å². The Morgan fingerprint density at radius 2 is 2.14 bits per heavy atom. The summed E-state index contributed by atoms with van der Waals surface area (Å²) < 4.78 is 0. The molecule has 1 fully saturated rings. The van der Waals surface area contributed by atoms with E-state index in [1.807, 2.05) is 0 Å². The standard InChI is InChI=1S/C12H26N2/c1-12(2,13-3)8-7-11-6-5-9-14(4)10-11/h11,13H,5-10H2,1-4H3. The molecule has 1 heterocycles. The van der Waals surface area contributed by atoms with Gasteiger partial charge in [-0.1, -0.05) is 0 Å². The van der Waals surface area contributed by atoms with Crippen molar-refractivity contribution in [1.29, 1.82) is 0 Å². The minimum atomic E-state index is 0.315. The van der Waals surface area contributed by atoms with E-state index in [1.54, 1.807) is 0 Å². The minimum absolute atomic E-state index is 0.315. The monoisotopic (exact) mass is 198 g/mol. The summed E-state index contributed by atoms with van der Waals surface area (Å²) in [6, 6.07) is 0. The first kappa shape index (κ1) is 12.0. The first-order valence-electron chi connectivity index (χ1n) is 5.91. The van der Waals surface area contributed by atoms with Crippen LogP contribution in [0.2, 0.25) is 0 Å². The summed E-state index contributed by atoms with van der Waals surface area (Å²) in [6.45, 7) is 7.19. The van der Waals surface area contributed by atoms with Crippen LogP contribution in [0.15, 0.2) is 0 Å². The average Bonchev–Trinajstić information content (AvgIpc) is 2.15. The van der Waals surface area contributed by atoms with E-state index in [1.165, 1.54) is 38.8 Å². The summed E-state index contributed by atoms with van der Waals surface area (Å²) in [5, 5.41) is 3.38. The van der Waals surface area contributed by atoms with Gasteiger partial charge >= 0.3 is 0 Å². The molecule has 14 heavy (non-hydrogen) atoms. The molecule has 1 aliphatic heterocycles. The molecule has 1 aliphatic rings. The van der Waals surface area contributed by atoms with Crippen LogP contribution < -0.4 is 5.32 Å². The first-order valence-corrected chi connectivity index (χ1v) is 5.91. The normalized spacial score (nSPS) is 25.3. The van der Waals surface area contributed by atoms with Crippen molar-refractivity contribution in [2.75, 3.05) is 27.2 Å². The predicted molar refractivity (Wildman–Crippen MR) is 62.6 cm³/mol. The van der Waals surface area contributed by atoms with Crippen molar-refractivity contribution >= 4 is 0 Å². The van der Waals surface area contributed by atoms with Crippen LogP contribution in [0, 0.1) is 5.92 Å². The Hall–Kier alpha value is -0.0800. The molecule has 1 unspecified atom stereocenters. The maximum Gasteiger partial charge on any atom is 0.0122 e. The summed E-state index contributed by atoms with van der Waals surface area (Å²) in [4.78, 5) is 2.47. The van der Waals surface area contributed by atoms with Crippen molar-refractivity contribution in [3.63, 3.8) is 0 Å². The van der Waals surface area contributed by atoms with E-state index in [0.717, 1.165) is 5.92 Å². The molecule has 0 aromatic carbocycles. The summed E-state index contributed by atoms with van der Waals surface area (Å²) in [6.07, 6.45) is 5.49. The van der Waals surface area contributed by atoms with E-state index in [0.29, 0.717) is 5.54 Å². The summed E-state index contributed by atoms with van der Waals surface area (Å²) >= 11 is 0. The topological polar surface area (TPSA) is 15.3 Å². The number of nitrogens with zero attached hydrogens (tertiary/aromatic N) is 1. The van der Waals surface area contributed by atoms with Crippen molar-refractivity contribution < 1.29 is 0 Å². The van der Waals surface area contributed by atoms with Gasteiger partial charge in [-0.25, -0.2) is 0 Å². The Balaban J connectivity index is 2.23. The average molecular weight is 198 g/mol. The maximum atomic E-state index is 3.38. The zero-order valence-electron chi connectivity index (χ0n) is 10.3. The van der Waals surface area contributed by atoms with Crippen LogP contribution in [0.3, 0.4) is 0 Å². The predicted octanol–water partition coefficient (Wildman–Crippen LogP) is 2.11. The molecule has 1 atom stereocenters. The lowest BCUT2D eigenvalue weighted by molar-refractivity contribution is 0.189. The minimum Gasteiger partial charge on any atom is -0.315 e. The molecule has 1 N–H and O–H groups in total. The van der Waals surface area contributed by atoms with Crippen molar-refractivity contribution in [3.8, 4) is 0 Å². The van der Waals surface area contributed by atoms with Crippen LogP contribution in [0.1, 0.15) is 39.5 Å². The van der Waals surface area contributed by atoms with Gasteiger partial charge in [0.05, 0.1) is 0 Å². The molecule has 0 aromatic rings. The second-order valence-corrected chi connectivity index (χ2v) is 5.44. The smallest absolute Gasteiger partial charge is 0.0122 e. The fourth-order valence-electron chi connectivity index (χ4n) is 2.20.